The molecule has 1 saturated heterocycles. The van der Waals surface area contributed by atoms with E-state index in [9.17, 15) is 4.79 Å². The molecule has 24 heavy (non-hydrogen) atoms. The van der Waals surface area contributed by atoms with Gasteiger partial charge in [0, 0.05) is 31.3 Å². The topological polar surface area (TPSA) is 67.6 Å². The van der Waals surface area contributed by atoms with Crippen molar-refractivity contribution in [1.29, 1.82) is 0 Å². The molecule has 7 heteroatoms. The van der Waals surface area contributed by atoms with Crippen LogP contribution >= 0.6 is 15.9 Å². The lowest BCUT2D eigenvalue weighted by Gasteiger charge is -2.24. The third-order valence-electron chi connectivity index (χ3n) is 4.13. The minimum atomic E-state index is 0.0167. The third-order valence-corrected chi connectivity index (χ3v) is 4.75. The standard InChI is InChI=1S/C17H20BrN3O3/c1-11-7-13(20-24-11)10-23-16-4-3-12(8-15(16)18)17(22)21(2)14-5-6-19-9-14/h3-4,7-8,14,19H,5-6,9-10H2,1-2H3. The highest BCUT2D eigenvalue weighted by molar-refractivity contribution is 9.10. The molecule has 1 N–H and O–H groups in total. The Balaban J connectivity index is 1.66. The first-order valence-electron chi connectivity index (χ1n) is 7.87. The predicted molar refractivity (Wildman–Crippen MR) is 93.1 cm³/mol. The summed E-state index contributed by atoms with van der Waals surface area (Å²) in [5.74, 6) is 1.43. The average Bonchev–Trinajstić information content (AvgIpc) is 3.24. The molecular weight excluding hydrogens is 374 g/mol. The van der Waals surface area contributed by atoms with E-state index in [0.717, 1.165) is 35.4 Å². The molecule has 0 radical (unpaired) electrons. The van der Waals surface area contributed by atoms with Crippen molar-refractivity contribution in [3.8, 4) is 5.75 Å². The summed E-state index contributed by atoms with van der Waals surface area (Å²) in [4.78, 5) is 14.4. The third kappa shape index (κ3) is 3.79. The Kier molecular flexibility index (Phi) is 5.20. The van der Waals surface area contributed by atoms with Gasteiger partial charge in [-0.05, 0) is 54.0 Å². The summed E-state index contributed by atoms with van der Waals surface area (Å²) in [6, 6.07) is 7.46. The fourth-order valence-electron chi connectivity index (χ4n) is 2.73. The van der Waals surface area contributed by atoms with Crippen LogP contribution in [0.1, 0.15) is 28.2 Å². The van der Waals surface area contributed by atoms with E-state index in [-0.39, 0.29) is 11.9 Å². The number of ether oxygens (including phenoxy) is 1. The summed E-state index contributed by atoms with van der Waals surface area (Å²) in [6.07, 6.45) is 0.988. The molecule has 6 nitrogen and oxygen atoms in total. The molecule has 128 valence electrons. The smallest absolute Gasteiger partial charge is 0.253 e. The fraction of sp³-hybridized carbons (Fsp3) is 0.412. The van der Waals surface area contributed by atoms with Crippen LogP contribution in [0.15, 0.2) is 33.3 Å². The van der Waals surface area contributed by atoms with Gasteiger partial charge < -0.3 is 19.5 Å². The summed E-state index contributed by atoms with van der Waals surface area (Å²) in [7, 11) is 1.85. The molecule has 1 atom stereocenters. The van der Waals surface area contributed by atoms with Crippen molar-refractivity contribution in [3.63, 3.8) is 0 Å². The van der Waals surface area contributed by atoms with Crippen molar-refractivity contribution in [2.45, 2.75) is 26.0 Å². The van der Waals surface area contributed by atoms with Crippen molar-refractivity contribution in [3.05, 3.63) is 45.8 Å². The minimum absolute atomic E-state index is 0.0167. The van der Waals surface area contributed by atoms with Crippen molar-refractivity contribution in [2.75, 3.05) is 20.1 Å². The summed E-state index contributed by atoms with van der Waals surface area (Å²) in [6.45, 7) is 3.96. The molecule has 1 aromatic heterocycles. The molecular formula is C17H20BrN3O3. The first-order chi connectivity index (χ1) is 11.5. The number of carbonyl (C=O) groups excluding carboxylic acids is 1. The van der Waals surface area contributed by atoms with Crippen molar-refractivity contribution in [2.24, 2.45) is 0 Å². The molecule has 1 aliphatic heterocycles. The lowest BCUT2D eigenvalue weighted by molar-refractivity contribution is 0.0743. The van der Waals surface area contributed by atoms with Crippen LogP contribution in [-0.4, -0.2) is 42.1 Å². The number of carbonyl (C=O) groups is 1. The maximum atomic E-state index is 12.6. The summed E-state index contributed by atoms with van der Waals surface area (Å²) in [5, 5.41) is 7.17. The zero-order valence-corrected chi connectivity index (χ0v) is 15.3. The zero-order chi connectivity index (χ0) is 17.1. The van der Waals surface area contributed by atoms with Gasteiger partial charge in [0.25, 0.3) is 5.91 Å². The van der Waals surface area contributed by atoms with Gasteiger partial charge in [0.2, 0.25) is 0 Å². The van der Waals surface area contributed by atoms with Crippen LogP contribution in [0.2, 0.25) is 0 Å². The van der Waals surface area contributed by atoms with Gasteiger partial charge in [0.15, 0.2) is 0 Å². The molecule has 0 saturated carbocycles. The van der Waals surface area contributed by atoms with Crippen LogP contribution in [0.25, 0.3) is 0 Å². The fourth-order valence-corrected chi connectivity index (χ4v) is 3.22. The SMILES string of the molecule is Cc1cc(COc2ccc(C(=O)N(C)C3CCNC3)cc2Br)no1. The second-order valence-corrected chi connectivity index (χ2v) is 6.78. The van der Waals surface area contributed by atoms with Crippen molar-refractivity contribution < 1.29 is 14.1 Å². The number of aromatic nitrogens is 1. The average molecular weight is 394 g/mol. The molecule has 2 heterocycles. The molecule has 2 aromatic rings. The summed E-state index contributed by atoms with van der Waals surface area (Å²) < 4.78 is 11.5. The van der Waals surface area contributed by atoms with Crippen LogP contribution in [-0.2, 0) is 6.61 Å². The minimum Gasteiger partial charge on any atom is -0.486 e. The Hall–Kier alpha value is -1.86. The van der Waals surface area contributed by atoms with E-state index < -0.39 is 0 Å². The number of hydrogen-bond donors (Lipinski definition) is 1. The van der Waals surface area contributed by atoms with Crippen LogP contribution in [0, 0.1) is 6.92 Å². The lowest BCUT2D eigenvalue weighted by Crippen LogP contribution is -2.38. The van der Waals surface area contributed by atoms with E-state index >= 15 is 0 Å². The first kappa shape index (κ1) is 17.0. The van der Waals surface area contributed by atoms with Crippen molar-refractivity contribution >= 4 is 21.8 Å². The lowest BCUT2D eigenvalue weighted by atomic mass is 10.1. The Morgan fingerprint density at radius 1 is 1.50 bits per heavy atom. The monoisotopic (exact) mass is 393 g/mol. The number of rotatable bonds is 5. The van der Waals surface area contributed by atoms with E-state index in [1.54, 1.807) is 23.1 Å². The highest BCUT2D eigenvalue weighted by Crippen LogP contribution is 2.27. The molecule has 1 amide bonds. The number of hydrogen-bond acceptors (Lipinski definition) is 5. The van der Waals surface area contributed by atoms with Gasteiger partial charge in [-0.25, -0.2) is 0 Å². The van der Waals surface area contributed by atoms with Crippen LogP contribution in [0.3, 0.4) is 0 Å². The number of aryl methyl sites for hydroxylation is 1. The zero-order valence-electron chi connectivity index (χ0n) is 13.7. The molecule has 3 rings (SSSR count). The molecule has 0 aliphatic carbocycles. The van der Waals surface area contributed by atoms with Gasteiger partial charge in [-0.15, -0.1) is 0 Å². The number of amides is 1. The van der Waals surface area contributed by atoms with Crippen LogP contribution in [0.5, 0.6) is 5.75 Å². The maximum absolute atomic E-state index is 12.6. The normalized spacial score (nSPS) is 17.0. The predicted octanol–water partition coefficient (Wildman–Crippen LogP) is 2.76. The Labute approximate surface area is 149 Å². The molecule has 0 spiro atoms. The number of nitrogens with one attached hydrogen (secondary N) is 1. The van der Waals surface area contributed by atoms with Gasteiger partial charge in [-0.2, -0.15) is 0 Å². The molecule has 0 bridgehead atoms. The quantitative estimate of drug-likeness (QED) is 0.845. The Bertz CT molecular complexity index is 726. The second kappa shape index (κ2) is 7.36. The van der Waals surface area contributed by atoms with Gasteiger partial charge >= 0.3 is 0 Å². The van der Waals surface area contributed by atoms with Crippen LogP contribution < -0.4 is 10.1 Å². The molecule has 1 unspecified atom stereocenters. The number of likely N-dealkylation sites (N-methyl/N-ethyl adjacent to an activating group) is 1. The van der Waals surface area contributed by atoms with Crippen LogP contribution in [0.4, 0.5) is 0 Å². The number of nitrogens with zero attached hydrogens (tertiary/aromatic N) is 2. The second-order valence-electron chi connectivity index (χ2n) is 5.93. The molecule has 1 fully saturated rings. The van der Waals surface area contributed by atoms with Crippen molar-refractivity contribution in [1.82, 2.24) is 15.4 Å². The van der Waals surface area contributed by atoms with E-state index in [0.29, 0.717) is 17.9 Å². The van der Waals surface area contributed by atoms with Gasteiger partial charge in [-0.3, -0.25) is 4.79 Å². The van der Waals surface area contributed by atoms with Gasteiger partial charge in [0.1, 0.15) is 23.8 Å². The first-order valence-corrected chi connectivity index (χ1v) is 8.66. The van der Waals surface area contributed by atoms with E-state index in [1.165, 1.54) is 0 Å². The highest BCUT2D eigenvalue weighted by Gasteiger charge is 2.24. The number of halogens is 1. The largest absolute Gasteiger partial charge is 0.486 e. The van der Waals surface area contributed by atoms with E-state index in [1.807, 2.05) is 20.0 Å². The Morgan fingerprint density at radius 3 is 2.96 bits per heavy atom. The summed E-state index contributed by atoms with van der Waals surface area (Å²) >= 11 is 3.47. The summed E-state index contributed by atoms with van der Waals surface area (Å²) in [5.41, 5.74) is 1.37. The van der Waals surface area contributed by atoms with Gasteiger partial charge in [0.05, 0.1) is 4.47 Å². The van der Waals surface area contributed by atoms with E-state index in [2.05, 4.69) is 26.4 Å². The molecule has 1 aromatic carbocycles. The van der Waals surface area contributed by atoms with E-state index in [4.69, 9.17) is 9.26 Å². The Morgan fingerprint density at radius 2 is 2.33 bits per heavy atom. The van der Waals surface area contributed by atoms with Gasteiger partial charge in [-0.1, -0.05) is 5.16 Å². The number of benzene rings is 1. The maximum Gasteiger partial charge on any atom is 0.253 e. The highest BCUT2D eigenvalue weighted by atomic mass is 79.9. The molecule has 1 aliphatic rings.